The SMILES string of the molecule is Nc1ncnc2c1N=C[N+]2(OP(=O)(O)OP(=O)(O)OP(=O)(O)O)[C@H]1C[C@H](O)[C@@H](CO)O1. The van der Waals surface area contributed by atoms with Gasteiger partial charge in [0.25, 0.3) is 0 Å². The lowest BCUT2D eigenvalue weighted by molar-refractivity contribution is -0.144. The van der Waals surface area contributed by atoms with E-state index < -0.39 is 53.2 Å². The molecule has 6 atom stereocenters. The van der Waals surface area contributed by atoms with E-state index in [4.69, 9.17) is 24.9 Å². The highest BCUT2D eigenvalue weighted by Crippen LogP contribution is 2.67. The van der Waals surface area contributed by atoms with Gasteiger partial charge in [0.1, 0.15) is 12.4 Å². The number of hydrogen-bond donors (Lipinski definition) is 7. The molecule has 21 heteroatoms. The molecule has 3 heterocycles. The summed E-state index contributed by atoms with van der Waals surface area (Å²) in [6, 6.07) is 0. The van der Waals surface area contributed by atoms with Crippen molar-refractivity contribution in [3.8, 4) is 0 Å². The van der Waals surface area contributed by atoms with Crippen molar-refractivity contribution < 1.29 is 61.5 Å². The highest BCUT2D eigenvalue weighted by Gasteiger charge is 2.59. The van der Waals surface area contributed by atoms with Crippen LogP contribution < -0.4 is 10.4 Å². The lowest BCUT2D eigenvalue weighted by Crippen LogP contribution is -2.54. The number of fused-ring (bicyclic) bond motifs is 1. The minimum atomic E-state index is -5.82. The smallest absolute Gasteiger partial charge is 0.394 e. The molecule has 0 saturated carbocycles. The number of nitrogens with zero attached hydrogens (tertiary/aromatic N) is 4. The molecule has 174 valence electrons. The number of hydroxylamine groups is 2. The number of aromatic nitrogens is 2. The van der Waals surface area contributed by atoms with E-state index in [1.54, 1.807) is 0 Å². The third-order valence-corrected chi connectivity index (χ3v) is 7.79. The summed E-state index contributed by atoms with van der Waals surface area (Å²) in [5.74, 6) is -0.488. The van der Waals surface area contributed by atoms with Crippen LogP contribution in [-0.2, 0) is 31.7 Å². The second kappa shape index (κ2) is 8.30. The Morgan fingerprint density at radius 2 is 1.84 bits per heavy atom. The summed E-state index contributed by atoms with van der Waals surface area (Å²) in [5.41, 5.74) is 5.56. The molecule has 31 heavy (non-hydrogen) atoms. The van der Waals surface area contributed by atoms with Crippen LogP contribution in [0.4, 0.5) is 17.3 Å². The number of quaternary nitrogens is 1. The molecule has 2 aliphatic heterocycles. The third-order valence-electron chi connectivity index (χ3n) is 3.99. The Bertz CT molecular complexity index is 1030. The van der Waals surface area contributed by atoms with Crippen LogP contribution >= 0.6 is 23.5 Å². The number of aliphatic hydroxyl groups is 2. The predicted molar refractivity (Wildman–Crippen MR) is 97.7 cm³/mol. The fourth-order valence-electron chi connectivity index (χ4n) is 2.87. The normalized spacial score (nSPS) is 31.9. The maximum absolute atomic E-state index is 12.5. The van der Waals surface area contributed by atoms with E-state index in [0.29, 0.717) is 0 Å². The van der Waals surface area contributed by atoms with Gasteiger partial charge < -0.3 is 35.4 Å². The second-order valence-corrected chi connectivity index (χ2v) is 10.5. The van der Waals surface area contributed by atoms with Gasteiger partial charge in [-0.05, 0) is 4.65 Å². The van der Waals surface area contributed by atoms with Gasteiger partial charge in [0.15, 0.2) is 11.5 Å². The van der Waals surface area contributed by atoms with Crippen molar-refractivity contribution in [3.63, 3.8) is 0 Å². The summed E-state index contributed by atoms with van der Waals surface area (Å²) in [6.45, 7) is -0.636. The van der Waals surface area contributed by atoms with E-state index in [1.165, 1.54) is 0 Å². The Morgan fingerprint density at radius 1 is 1.16 bits per heavy atom. The van der Waals surface area contributed by atoms with Crippen LogP contribution in [-0.4, -0.2) is 71.1 Å². The van der Waals surface area contributed by atoms with Gasteiger partial charge in [0.05, 0.1) is 19.1 Å². The molecule has 3 unspecified atom stereocenters. The zero-order chi connectivity index (χ0) is 23.2. The van der Waals surface area contributed by atoms with Crippen LogP contribution in [0.25, 0.3) is 0 Å². The lowest BCUT2D eigenvalue weighted by atomic mass is 10.2. The average molecular weight is 508 g/mol. The number of phosphoric acid groups is 3. The van der Waals surface area contributed by atoms with Gasteiger partial charge >= 0.3 is 29.3 Å². The summed E-state index contributed by atoms with van der Waals surface area (Å²) in [4.78, 5) is 48.2. The van der Waals surface area contributed by atoms with Gasteiger partial charge in [0, 0.05) is 0 Å². The maximum Gasteiger partial charge on any atom is 0.528 e. The van der Waals surface area contributed by atoms with Crippen molar-refractivity contribution in [2.45, 2.75) is 24.9 Å². The van der Waals surface area contributed by atoms with E-state index in [9.17, 15) is 33.7 Å². The van der Waals surface area contributed by atoms with Crippen LogP contribution in [0.3, 0.4) is 0 Å². The predicted octanol–water partition coefficient (Wildman–Crippen LogP) is -1.23. The molecule has 18 nitrogen and oxygen atoms in total. The van der Waals surface area contributed by atoms with Crippen LogP contribution in [0.1, 0.15) is 6.42 Å². The molecule has 0 radical (unpaired) electrons. The summed E-state index contributed by atoms with van der Waals surface area (Å²) in [5, 5.41) is 19.4. The van der Waals surface area contributed by atoms with E-state index in [0.717, 1.165) is 12.7 Å². The van der Waals surface area contributed by atoms with Crippen molar-refractivity contribution >= 4 is 47.1 Å². The van der Waals surface area contributed by atoms with Crippen molar-refractivity contribution in [1.29, 1.82) is 0 Å². The molecule has 8 N–H and O–H groups in total. The van der Waals surface area contributed by atoms with Crippen LogP contribution in [0.15, 0.2) is 11.3 Å². The topological polar surface area (TPSA) is 274 Å². The Hall–Kier alpha value is -1.20. The molecular formula is C10H17N5O13P3+. The summed E-state index contributed by atoms with van der Waals surface area (Å²) in [7, 11) is -17.1. The Kier molecular flexibility index (Phi) is 6.54. The third kappa shape index (κ3) is 5.24. The summed E-state index contributed by atoms with van der Waals surface area (Å²) >= 11 is 0. The largest absolute Gasteiger partial charge is 0.528 e. The molecule has 0 aromatic carbocycles. The molecule has 1 fully saturated rings. The minimum Gasteiger partial charge on any atom is -0.394 e. The quantitative estimate of drug-likeness (QED) is 0.160. The Labute approximate surface area is 172 Å². The van der Waals surface area contributed by atoms with Gasteiger partial charge in [-0.2, -0.15) is 18.6 Å². The molecule has 1 saturated heterocycles. The number of anilines is 1. The molecule has 1 aromatic heterocycles. The van der Waals surface area contributed by atoms with Crippen LogP contribution in [0.2, 0.25) is 0 Å². The number of nitrogen functional groups attached to an aromatic ring is 1. The fraction of sp³-hybridized carbons (Fsp3) is 0.500. The first-order valence-corrected chi connectivity index (χ1v) is 12.5. The number of hydrogen-bond acceptors (Lipinski definition) is 13. The molecule has 3 rings (SSSR count). The first-order chi connectivity index (χ1) is 14.2. The van der Waals surface area contributed by atoms with Gasteiger partial charge in [-0.3, -0.25) is 4.89 Å². The molecule has 0 bridgehead atoms. The van der Waals surface area contributed by atoms with E-state index in [-0.39, 0.29) is 23.7 Å². The Balaban J connectivity index is 1.99. The van der Waals surface area contributed by atoms with Gasteiger partial charge in [0.2, 0.25) is 12.6 Å². The molecule has 0 amide bonds. The van der Waals surface area contributed by atoms with E-state index >= 15 is 0 Å². The van der Waals surface area contributed by atoms with E-state index in [2.05, 4.69) is 23.6 Å². The standard InChI is InChI=1S/C10H16N5O13P3/c11-9-8-10(13-3-12-9)15(4-14-8,7-1-5(17)6(2-16)25-7)26-30(21,22)28-31(23,24)27-29(18,19)20/h3-7,16-17H,1-2H2,(H5-,11,12,13,18,19,20,21,22,23,24)/p+1/t5-,6+,7+,15?/m0/s1. The first kappa shape index (κ1) is 24.4. The molecule has 0 aliphatic carbocycles. The highest BCUT2D eigenvalue weighted by atomic mass is 31.3. The number of ether oxygens (including phenoxy) is 1. The number of aliphatic hydroxyl groups excluding tert-OH is 2. The minimum absolute atomic E-state index is 0.133. The van der Waals surface area contributed by atoms with Crippen LogP contribution in [0, 0.1) is 0 Å². The van der Waals surface area contributed by atoms with Crippen molar-refractivity contribution in [2.75, 3.05) is 12.3 Å². The molecule has 1 aromatic rings. The van der Waals surface area contributed by atoms with Gasteiger partial charge in [-0.1, -0.05) is 4.62 Å². The number of nitrogens with two attached hydrogens (primary N) is 1. The maximum atomic E-state index is 12.5. The van der Waals surface area contributed by atoms with Gasteiger partial charge in [-0.15, -0.1) is 0 Å². The van der Waals surface area contributed by atoms with Crippen molar-refractivity contribution in [2.24, 2.45) is 4.99 Å². The Morgan fingerprint density at radius 3 is 2.42 bits per heavy atom. The first-order valence-electron chi connectivity index (χ1n) is 8.02. The zero-order valence-electron chi connectivity index (χ0n) is 15.0. The number of rotatable bonds is 8. The van der Waals surface area contributed by atoms with Crippen molar-refractivity contribution in [1.82, 2.24) is 14.6 Å². The molecular weight excluding hydrogens is 491 g/mol. The average Bonchev–Trinajstić information content (AvgIpc) is 3.14. The van der Waals surface area contributed by atoms with Crippen molar-refractivity contribution in [3.05, 3.63) is 6.33 Å². The van der Waals surface area contributed by atoms with Crippen LogP contribution in [0.5, 0.6) is 0 Å². The molecule has 0 spiro atoms. The second-order valence-electron chi connectivity index (χ2n) is 6.17. The highest BCUT2D eigenvalue weighted by molar-refractivity contribution is 7.66. The zero-order valence-corrected chi connectivity index (χ0v) is 17.7. The summed E-state index contributed by atoms with van der Waals surface area (Å²) < 4.78 is 51.4. The van der Waals surface area contributed by atoms with Gasteiger partial charge in [-0.25, -0.2) is 18.7 Å². The monoisotopic (exact) mass is 508 g/mol. The molecule has 2 aliphatic rings. The lowest BCUT2D eigenvalue weighted by Gasteiger charge is -2.31. The summed E-state index contributed by atoms with van der Waals surface area (Å²) in [6.07, 6.45) is -2.34. The van der Waals surface area contributed by atoms with E-state index in [1.807, 2.05) is 0 Å². The number of aliphatic imine (C=N–C) groups is 1. The fourth-order valence-corrected chi connectivity index (χ4v) is 6.06.